The Balaban J connectivity index is 1.64. The maximum absolute atomic E-state index is 6.40. The Labute approximate surface area is 146 Å². The van der Waals surface area contributed by atoms with Crippen molar-refractivity contribution in [2.45, 2.75) is 64.0 Å². The second kappa shape index (κ2) is 8.36. The molecule has 4 heteroatoms. The van der Waals surface area contributed by atoms with Gasteiger partial charge in [0, 0.05) is 31.7 Å². The normalized spacial score (nSPS) is 24.1. The number of para-hydroxylation sites is 1. The summed E-state index contributed by atoms with van der Waals surface area (Å²) in [6, 6.07) is 9.51. The van der Waals surface area contributed by atoms with E-state index < -0.39 is 0 Å². The Hall–Kier alpha value is -0.770. The van der Waals surface area contributed by atoms with E-state index in [1.54, 1.807) is 0 Å². The first-order valence-electron chi connectivity index (χ1n) is 9.30. The number of benzene rings is 1. The van der Waals surface area contributed by atoms with Gasteiger partial charge in [0.2, 0.25) is 0 Å². The summed E-state index contributed by atoms with van der Waals surface area (Å²) in [6.07, 6.45) is 9.32. The zero-order valence-electron chi connectivity index (χ0n) is 14.3. The lowest BCUT2D eigenvalue weighted by Gasteiger charge is -2.44. The molecule has 1 saturated carbocycles. The molecule has 1 aromatic carbocycles. The molecule has 1 aliphatic heterocycles. The molecule has 2 fully saturated rings. The van der Waals surface area contributed by atoms with E-state index in [0.29, 0.717) is 12.1 Å². The van der Waals surface area contributed by atoms with Gasteiger partial charge in [-0.2, -0.15) is 0 Å². The summed E-state index contributed by atoms with van der Waals surface area (Å²) in [5, 5.41) is 3.41. The molecule has 1 atom stereocenters. The molecule has 3 nitrogen and oxygen atoms in total. The number of anilines is 1. The molecule has 1 unspecified atom stereocenters. The van der Waals surface area contributed by atoms with Crippen molar-refractivity contribution in [3.8, 4) is 0 Å². The molecule has 1 aliphatic carbocycles. The van der Waals surface area contributed by atoms with Crippen molar-refractivity contribution >= 4 is 17.3 Å². The van der Waals surface area contributed by atoms with Crippen LogP contribution in [0.2, 0.25) is 5.02 Å². The van der Waals surface area contributed by atoms with E-state index in [0.717, 1.165) is 24.7 Å². The standard InChI is InChI=1S/C19H30ClN3/c1-2-8-17-15-22(19-12-7-6-11-18(19)20)13-14-23(17)21-16-9-4-3-5-10-16/h6-7,11-12,16-17,21H,2-5,8-10,13-15H2,1H3. The first kappa shape index (κ1) is 17.1. The monoisotopic (exact) mass is 335 g/mol. The van der Waals surface area contributed by atoms with Crippen molar-refractivity contribution in [2.75, 3.05) is 24.5 Å². The highest BCUT2D eigenvalue weighted by atomic mass is 35.5. The molecule has 23 heavy (non-hydrogen) atoms. The lowest BCUT2D eigenvalue weighted by molar-refractivity contribution is 0.0713. The highest BCUT2D eigenvalue weighted by molar-refractivity contribution is 6.33. The van der Waals surface area contributed by atoms with Crippen LogP contribution in [0.15, 0.2) is 24.3 Å². The molecule has 0 amide bonds. The number of hydrogen-bond acceptors (Lipinski definition) is 3. The van der Waals surface area contributed by atoms with Gasteiger partial charge in [-0.1, -0.05) is 56.3 Å². The van der Waals surface area contributed by atoms with Crippen molar-refractivity contribution in [2.24, 2.45) is 0 Å². The molecule has 0 radical (unpaired) electrons. The lowest BCUT2D eigenvalue weighted by atomic mass is 9.96. The van der Waals surface area contributed by atoms with Crippen LogP contribution in [0, 0.1) is 0 Å². The van der Waals surface area contributed by atoms with E-state index in [1.165, 1.54) is 50.6 Å². The Morgan fingerprint density at radius 2 is 1.91 bits per heavy atom. The van der Waals surface area contributed by atoms with Crippen LogP contribution < -0.4 is 10.3 Å². The minimum absolute atomic E-state index is 0.576. The van der Waals surface area contributed by atoms with E-state index in [-0.39, 0.29) is 0 Å². The molecule has 0 spiro atoms. The van der Waals surface area contributed by atoms with Gasteiger partial charge in [-0.05, 0) is 31.4 Å². The Kier molecular flexibility index (Phi) is 6.21. The summed E-state index contributed by atoms with van der Waals surface area (Å²) in [7, 11) is 0. The third-order valence-corrected chi connectivity index (χ3v) is 5.57. The van der Waals surface area contributed by atoms with Crippen molar-refractivity contribution in [3.63, 3.8) is 0 Å². The summed E-state index contributed by atoms with van der Waals surface area (Å²) in [5.41, 5.74) is 5.04. The first-order chi connectivity index (χ1) is 11.3. The van der Waals surface area contributed by atoms with E-state index in [9.17, 15) is 0 Å². The number of hydrogen-bond donors (Lipinski definition) is 1. The largest absolute Gasteiger partial charge is 0.367 e. The second-order valence-electron chi connectivity index (χ2n) is 7.00. The number of nitrogens with zero attached hydrogens (tertiary/aromatic N) is 2. The number of halogens is 1. The molecular weight excluding hydrogens is 306 g/mol. The van der Waals surface area contributed by atoms with E-state index in [2.05, 4.69) is 34.4 Å². The molecule has 1 aromatic rings. The maximum Gasteiger partial charge on any atom is 0.0639 e. The van der Waals surface area contributed by atoms with Gasteiger partial charge < -0.3 is 4.90 Å². The van der Waals surface area contributed by atoms with Crippen LogP contribution in [0.4, 0.5) is 5.69 Å². The predicted octanol–water partition coefficient (Wildman–Crippen LogP) is 4.47. The number of hydrazine groups is 1. The number of nitrogens with one attached hydrogen (secondary N) is 1. The van der Waals surface area contributed by atoms with Crippen LogP contribution in [-0.2, 0) is 0 Å². The maximum atomic E-state index is 6.40. The first-order valence-corrected chi connectivity index (χ1v) is 9.68. The SMILES string of the molecule is CCCC1CN(c2ccccc2Cl)CCN1NC1CCCCC1. The summed E-state index contributed by atoms with van der Waals surface area (Å²) >= 11 is 6.40. The van der Waals surface area contributed by atoms with E-state index >= 15 is 0 Å². The van der Waals surface area contributed by atoms with Crippen LogP contribution in [0.3, 0.4) is 0 Å². The average Bonchev–Trinajstić information content (AvgIpc) is 2.58. The topological polar surface area (TPSA) is 18.5 Å². The molecule has 2 aliphatic rings. The highest BCUT2D eigenvalue weighted by Gasteiger charge is 2.29. The Bertz CT molecular complexity index is 487. The quantitative estimate of drug-likeness (QED) is 0.856. The number of piperazine rings is 1. The van der Waals surface area contributed by atoms with Gasteiger partial charge in [0.25, 0.3) is 0 Å². The molecule has 3 rings (SSSR count). The van der Waals surface area contributed by atoms with Crippen LogP contribution in [0.25, 0.3) is 0 Å². The Morgan fingerprint density at radius 1 is 1.13 bits per heavy atom. The molecule has 0 aromatic heterocycles. The van der Waals surface area contributed by atoms with Crippen LogP contribution in [0.5, 0.6) is 0 Å². The van der Waals surface area contributed by atoms with Crippen LogP contribution in [-0.4, -0.2) is 36.7 Å². The summed E-state index contributed by atoms with van der Waals surface area (Å²) in [6.45, 7) is 5.47. The van der Waals surface area contributed by atoms with Crippen LogP contribution in [0.1, 0.15) is 51.9 Å². The van der Waals surface area contributed by atoms with Gasteiger partial charge >= 0.3 is 0 Å². The van der Waals surface area contributed by atoms with Gasteiger partial charge in [0.05, 0.1) is 10.7 Å². The third kappa shape index (κ3) is 4.40. The lowest BCUT2D eigenvalue weighted by Crippen LogP contribution is -2.60. The fourth-order valence-electron chi connectivity index (χ4n) is 4.00. The smallest absolute Gasteiger partial charge is 0.0639 e. The molecule has 1 saturated heterocycles. The average molecular weight is 336 g/mol. The van der Waals surface area contributed by atoms with Crippen molar-refractivity contribution in [1.82, 2.24) is 10.4 Å². The Morgan fingerprint density at radius 3 is 2.65 bits per heavy atom. The minimum Gasteiger partial charge on any atom is -0.367 e. The van der Waals surface area contributed by atoms with Gasteiger partial charge in [0.1, 0.15) is 0 Å². The van der Waals surface area contributed by atoms with Crippen molar-refractivity contribution in [1.29, 1.82) is 0 Å². The zero-order valence-corrected chi connectivity index (χ0v) is 15.1. The van der Waals surface area contributed by atoms with Gasteiger partial charge in [-0.25, -0.2) is 5.01 Å². The van der Waals surface area contributed by atoms with Crippen molar-refractivity contribution < 1.29 is 0 Å². The fraction of sp³-hybridized carbons (Fsp3) is 0.684. The molecule has 128 valence electrons. The van der Waals surface area contributed by atoms with E-state index in [4.69, 9.17) is 11.6 Å². The second-order valence-corrected chi connectivity index (χ2v) is 7.40. The van der Waals surface area contributed by atoms with Gasteiger partial charge in [0.15, 0.2) is 0 Å². The van der Waals surface area contributed by atoms with Crippen LogP contribution >= 0.6 is 11.6 Å². The van der Waals surface area contributed by atoms with Gasteiger partial charge in [-0.15, -0.1) is 0 Å². The van der Waals surface area contributed by atoms with Gasteiger partial charge in [-0.3, -0.25) is 5.43 Å². The zero-order chi connectivity index (χ0) is 16.1. The highest BCUT2D eigenvalue weighted by Crippen LogP contribution is 2.28. The minimum atomic E-state index is 0.576. The summed E-state index contributed by atoms with van der Waals surface area (Å²) in [4.78, 5) is 2.46. The fourth-order valence-corrected chi connectivity index (χ4v) is 4.25. The molecule has 0 bridgehead atoms. The molecule has 1 N–H and O–H groups in total. The van der Waals surface area contributed by atoms with E-state index in [1.807, 2.05) is 12.1 Å². The summed E-state index contributed by atoms with van der Waals surface area (Å²) < 4.78 is 0. The molecule has 1 heterocycles. The summed E-state index contributed by atoms with van der Waals surface area (Å²) in [5.74, 6) is 0. The predicted molar refractivity (Wildman–Crippen MR) is 99.1 cm³/mol. The third-order valence-electron chi connectivity index (χ3n) is 5.25. The number of rotatable bonds is 5. The molecular formula is C19H30ClN3. The van der Waals surface area contributed by atoms with Crippen molar-refractivity contribution in [3.05, 3.63) is 29.3 Å².